The van der Waals surface area contributed by atoms with E-state index in [-0.39, 0.29) is 82.2 Å². The van der Waals surface area contributed by atoms with Crippen LogP contribution >= 0.6 is 0 Å². The molecule has 36 valence electrons. The van der Waals surface area contributed by atoms with Crippen LogP contribution in [-0.4, -0.2) is 0 Å². The maximum atomic E-state index is 0. The van der Waals surface area contributed by atoms with Crippen molar-refractivity contribution in [1.82, 2.24) is 0 Å². The van der Waals surface area contributed by atoms with E-state index in [1.54, 1.807) is 0 Å². The Hall–Kier alpha value is 2.66. The Bertz CT molecular complexity index is 8.00. The molecule has 0 aromatic carbocycles. The second-order valence-electron chi connectivity index (χ2n) is 0. The smallest absolute Gasteiger partial charge is 0 e. The summed E-state index contributed by atoms with van der Waals surface area (Å²) < 4.78 is 0. The molecule has 0 atom stereocenters. The van der Waals surface area contributed by atoms with Crippen LogP contribution in [0.4, 0.5) is 0 Å². The zero-order chi connectivity index (χ0) is 0. The predicted molar refractivity (Wildman–Crippen MR) is 0 cm³/mol. The summed E-state index contributed by atoms with van der Waals surface area (Å²) >= 11 is 0. The molecule has 0 bridgehead atoms. The van der Waals surface area contributed by atoms with Gasteiger partial charge in [0.05, 0.1) is 0 Å². The van der Waals surface area contributed by atoms with Crippen molar-refractivity contribution in [3.63, 3.8) is 0 Å². The molecular formula is AuCuPtTi. The first-order valence-corrected chi connectivity index (χ1v) is 0. The quantitative estimate of drug-likeness (QED) is 0.409. The van der Waals surface area contributed by atoms with Crippen LogP contribution in [0.3, 0.4) is 0 Å². The molecule has 0 aliphatic carbocycles. The van der Waals surface area contributed by atoms with Crippen LogP contribution in [0.25, 0.3) is 0 Å². The van der Waals surface area contributed by atoms with Gasteiger partial charge in [0.15, 0.2) is 0 Å². The summed E-state index contributed by atoms with van der Waals surface area (Å²) in [6.07, 6.45) is 0. The Labute approximate surface area is 81.0 Å². The first kappa shape index (κ1) is 30.1. The molecule has 2 radical (unpaired) electrons. The van der Waals surface area contributed by atoms with E-state index in [2.05, 4.69) is 0 Å². The number of hydrogen-bond acceptors (Lipinski definition) is 0. The largest absolute Gasteiger partial charge is 0 e. The number of hydrogen-bond donors (Lipinski definition) is 0. The third kappa shape index (κ3) is 8.82. The second-order valence-corrected chi connectivity index (χ2v) is 0. The first-order valence-electron chi connectivity index (χ1n) is 0. The van der Waals surface area contributed by atoms with Crippen molar-refractivity contribution < 1.29 is 82.2 Å². The Balaban J connectivity index is 0. The molecule has 4 heteroatoms. The molecule has 0 fully saturated rings. The standard InChI is InChI=1S/Au.Cu.Pt.Ti. The fourth-order valence-corrected chi connectivity index (χ4v) is 0. The summed E-state index contributed by atoms with van der Waals surface area (Å²) in [5, 5.41) is 0. The third-order valence-corrected chi connectivity index (χ3v) is 0. The minimum Gasteiger partial charge on any atom is 0 e. The molecule has 0 N–H and O–H groups in total. The summed E-state index contributed by atoms with van der Waals surface area (Å²) in [7, 11) is 0. The summed E-state index contributed by atoms with van der Waals surface area (Å²) in [5.74, 6) is 0. The molecule has 0 rings (SSSR count). The molecular weight excluding hydrogens is 503 g/mol. The monoisotopic (exact) mass is 503 g/mol. The van der Waals surface area contributed by atoms with Crippen molar-refractivity contribution >= 4 is 0 Å². The van der Waals surface area contributed by atoms with Crippen LogP contribution in [0, 0.1) is 0 Å². The molecule has 0 unspecified atom stereocenters. The van der Waals surface area contributed by atoms with Gasteiger partial charge in [-0.2, -0.15) is 0 Å². The Kier molecular flexibility index (Phi) is 131. The zero-order valence-electron chi connectivity index (χ0n) is 1.42. The summed E-state index contributed by atoms with van der Waals surface area (Å²) in [6, 6.07) is 0. The number of rotatable bonds is 0. The van der Waals surface area contributed by atoms with Crippen LogP contribution in [0.2, 0.25) is 0 Å². The molecule has 0 spiro atoms. The van der Waals surface area contributed by atoms with E-state index in [0.29, 0.717) is 0 Å². The van der Waals surface area contributed by atoms with Gasteiger partial charge in [-0.1, -0.05) is 0 Å². The van der Waals surface area contributed by atoms with Gasteiger partial charge < -0.3 is 0 Å². The first-order chi connectivity index (χ1) is 0. The van der Waals surface area contributed by atoms with Crippen LogP contribution in [0.5, 0.6) is 0 Å². The van der Waals surface area contributed by atoms with Gasteiger partial charge in [-0.15, -0.1) is 0 Å². The topological polar surface area (TPSA) is 0 Å². The van der Waals surface area contributed by atoms with E-state index in [0.717, 1.165) is 0 Å². The normalized spacial score (nSPS) is 0. The van der Waals surface area contributed by atoms with E-state index < -0.39 is 0 Å². The Morgan fingerprint density at radius 1 is 1.00 bits per heavy atom. The minimum absolute atomic E-state index is 0. The fraction of sp³-hybridized carbons (Fsp3) is 0. The van der Waals surface area contributed by atoms with Gasteiger partial charge in [0.2, 0.25) is 0 Å². The molecule has 0 aliphatic heterocycles. The molecule has 0 amide bonds. The average Bonchev–Trinajstić information content (AvgIpc) is 0. The van der Waals surface area contributed by atoms with Crippen molar-refractivity contribution in [2.75, 3.05) is 0 Å². The predicted octanol–water partition coefficient (Wildman–Crippen LogP) is -0.0100. The molecule has 0 aromatic rings. The van der Waals surface area contributed by atoms with Gasteiger partial charge in [-0.25, -0.2) is 0 Å². The van der Waals surface area contributed by atoms with Gasteiger partial charge in [0, 0.05) is 82.2 Å². The molecule has 0 heterocycles. The van der Waals surface area contributed by atoms with Gasteiger partial charge in [-0.3, -0.25) is 0 Å². The maximum Gasteiger partial charge on any atom is 0 e. The molecule has 0 aromatic heterocycles. The zero-order valence-corrected chi connectivity index (χ0v) is 8.36. The molecule has 0 nitrogen and oxygen atoms in total. The van der Waals surface area contributed by atoms with E-state index in [4.69, 9.17) is 0 Å². The van der Waals surface area contributed by atoms with Crippen molar-refractivity contribution in [3.8, 4) is 0 Å². The van der Waals surface area contributed by atoms with Crippen LogP contribution in [0.15, 0.2) is 0 Å². The molecule has 0 aliphatic rings. The fourth-order valence-electron chi connectivity index (χ4n) is 0. The maximum absolute atomic E-state index is 0. The minimum atomic E-state index is 0. The van der Waals surface area contributed by atoms with Crippen molar-refractivity contribution in [2.45, 2.75) is 0 Å². The summed E-state index contributed by atoms with van der Waals surface area (Å²) in [5.41, 5.74) is 0. The van der Waals surface area contributed by atoms with E-state index in [1.165, 1.54) is 0 Å². The molecule has 0 saturated carbocycles. The molecule has 0 saturated heterocycles. The van der Waals surface area contributed by atoms with E-state index >= 15 is 0 Å². The van der Waals surface area contributed by atoms with Crippen molar-refractivity contribution in [2.24, 2.45) is 0 Å². The third-order valence-electron chi connectivity index (χ3n) is 0. The van der Waals surface area contributed by atoms with Gasteiger partial charge in [-0.05, 0) is 0 Å². The summed E-state index contributed by atoms with van der Waals surface area (Å²) in [6.45, 7) is 0. The Morgan fingerprint density at radius 3 is 1.00 bits per heavy atom. The van der Waals surface area contributed by atoms with Crippen molar-refractivity contribution in [3.05, 3.63) is 0 Å². The molecule has 4 heavy (non-hydrogen) atoms. The van der Waals surface area contributed by atoms with Crippen LogP contribution in [0.1, 0.15) is 0 Å². The van der Waals surface area contributed by atoms with Crippen molar-refractivity contribution in [1.29, 1.82) is 0 Å². The van der Waals surface area contributed by atoms with Gasteiger partial charge >= 0.3 is 0 Å². The second kappa shape index (κ2) is 17.4. The Morgan fingerprint density at radius 2 is 1.00 bits per heavy atom. The van der Waals surface area contributed by atoms with E-state index in [1.807, 2.05) is 0 Å². The average molecular weight is 503 g/mol. The van der Waals surface area contributed by atoms with E-state index in [9.17, 15) is 0 Å². The van der Waals surface area contributed by atoms with Crippen LogP contribution < -0.4 is 0 Å². The van der Waals surface area contributed by atoms with Crippen LogP contribution in [-0.2, 0) is 82.2 Å². The summed E-state index contributed by atoms with van der Waals surface area (Å²) in [4.78, 5) is 0. The SMILES string of the molecule is [Au].[Cu].[Pt].[Ti]. The van der Waals surface area contributed by atoms with Gasteiger partial charge in [0.25, 0.3) is 0 Å². The van der Waals surface area contributed by atoms with Gasteiger partial charge in [0.1, 0.15) is 0 Å².